The molecule has 0 aromatic carbocycles. The van der Waals surface area contributed by atoms with E-state index >= 15 is 0 Å². The summed E-state index contributed by atoms with van der Waals surface area (Å²) in [5, 5.41) is 0.356. The van der Waals surface area contributed by atoms with Gasteiger partial charge in [-0.25, -0.2) is 9.97 Å². The van der Waals surface area contributed by atoms with Gasteiger partial charge in [-0.1, -0.05) is 11.6 Å². The molecule has 0 atom stereocenters. The Morgan fingerprint density at radius 3 is 2.54 bits per heavy atom. The highest BCUT2D eigenvalue weighted by atomic mass is 79.9. The van der Waals surface area contributed by atoms with Crippen LogP contribution in [0, 0.1) is 0 Å². The molecule has 0 unspecified atom stereocenters. The molecule has 0 N–H and O–H groups in total. The number of ether oxygens (including phenoxy) is 1. The summed E-state index contributed by atoms with van der Waals surface area (Å²) >= 11 is 9.02. The number of rotatable bonds is 1. The van der Waals surface area contributed by atoms with Crippen LogP contribution in [0.4, 0.5) is 0 Å². The van der Waals surface area contributed by atoms with Crippen LogP contribution in [-0.4, -0.2) is 15.6 Å². The van der Waals surface area contributed by atoms with Crippen molar-refractivity contribution >= 4 is 27.5 Å². The maximum Gasteiger partial charge on any atom is 0.233 e. The van der Waals surface area contributed by atoms with E-state index in [0.717, 1.165) is 0 Å². The largest absolute Gasteiger partial charge is 0.471 e. The Kier molecular flexibility index (Phi) is 3.14. The van der Waals surface area contributed by atoms with Crippen molar-refractivity contribution in [3.05, 3.63) is 16.0 Å². The Hall–Kier alpha value is -0.350. The molecule has 1 heterocycles. The minimum atomic E-state index is -0.291. The zero-order chi connectivity index (χ0) is 10.1. The fourth-order valence-corrected chi connectivity index (χ4v) is 1.10. The molecule has 0 aliphatic rings. The van der Waals surface area contributed by atoms with Crippen LogP contribution in [-0.2, 0) is 0 Å². The van der Waals surface area contributed by atoms with Gasteiger partial charge in [0.1, 0.15) is 16.4 Å². The first-order chi connectivity index (χ1) is 5.90. The SMILES string of the molecule is CC(C)(C)Oc1ncnc(Cl)c1Br. The van der Waals surface area contributed by atoms with Crippen LogP contribution < -0.4 is 4.74 Å². The van der Waals surface area contributed by atoms with Gasteiger partial charge < -0.3 is 4.74 Å². The molecule has 0 radical (unpaired) electrons. The molecule has 0 bridgehead atoms. The van der Waals surface area contributed by atoms with Crippen LogP contribution in [0.2, 0.25) is 5.15 Å². The first-order valence-electron chi connectivity index (χ1n) is 3.75. The number of halogens is 2. The molecule has 0 saturated carbocycles. The van der Waals surface area contributed by atoms with Crippen LogP contribution in [0.25, 0.3) is 0 Å². The van der Waals surface area contributed by atoms with Gasteiger partial charge in [-0.2, -0.15) is 0 Å². The maximum atomic E-state index is 5.76. The Bertz CT molecular complexity index is 312. The summed E-state index contributed by atoms with van der Waals surface area (Å²) in [5.41, 5.74) is -0.291. The summed E-state index contributed by atoms with van der Waals surface area (Å²) in [6.45, 7) is 5.82. The van der Waals surface area contributed by atoms with Gasteiger partial charge in [-0.3, -0.25) is 0 Å². The van der Waals surface area contributed by atoms with Gasteiger partial charge in [0.15, 0.2) is 5.15 Å². The molecular formula is C8H10BrClN2O. The van der Waals surface area contributed by atoms with Crippen molar-refractivity contribution < 1.29 is 4.74 Å². The zero-order valence-corrected chi connectivity index (χ0v) is 9.98. The average Bonchev–Trinajstić information content (AvgIpc) is 1.96. The Balaban J connectivity index is 2.96. The van der Waals surface area contributed by atoms with Gasteiger partial charge in [0, 0.05) is 0 Å². The molecule has 1 aromatic heterocycles. The van der Waals surface area contributed by atoms with Crippen LogP contribution in [0.1, 0.15) is 20.8 Å². The van der Waals surface area contributed by atoms with E-state index < -0.39 is 0 Å². The van der Waals surface area contributed by atoms with Gasteiger partial charge in [0.25, 0.3) is 0 Å². The van der Waals surface area contributed by atoms with Crippen molar-refractivity contribution in [3.8, 4) is 5.88 Å². The summed E-state index contributed by atoms with van der Waals surface area (Å²) in [4.78, 5) is 7.76. The quantitative estimate of drug-likeness (QED) is 0.732. The van der Waals surface area contributed by atoms with Crippen molar-refractivity contribution in [2.24, 2.45) is 0 Å². The minimum absolute atomic E-state index is 0.291. The zero-order valence-electron chi connectivity index (χ0n) is 7.64. The van der Waals surface area contributed by atoms with Gasteiger partial charge in [-0.15, -0.1) is 0 Å². The molecule has 0 spiro atoms. The third kappa shape index (κ3) is 3.12. The molecular weight excluding hydrogens is 255 g/mol. The van der Waals surface area contributed by atoms with Crippen molar-refractivity contribution in [2.75, 3.05) is 0 Å². The normalized spacial score (nSPS) is 11.5. The summed E-state index contributed by atoms with van der Waals surface area (Å²) in [6.07, 6.45) is 1.37. The summed E-state index contributed by atoms with van der Waals surface area (Å²) in [5.74, 6) is 0.465. The smallest absolute Gasteiger partial charge is 0.233 e. The lowest BCUT2D eigenvalue weighted by Gasteiger charge is -2.20. The summed E-state index contributed by atoms with van der Waals surface area (Å²) in [7, 11) is 0. The number of hydrogen-bond donors (Lipinski definition) is 0. The Morgan fingerprint density at radius 1 is 1.38 bits per heavy atom. The van der Waals surface area contributed by atoms with Crippen LogP contribution >= 0.6 is 27.5 Å². The molecule has 72 valence electrons. The van der Waals surface area contributed by atoms with Gasteiger partial charge >= 0.3 is 0 Å². The Morgan fingerprint density at radius 2 is 2.00 bits per heavy atom. The summed E-state index contributed by atoms with van der Waals surface area (Å²) < 4.78 is 6.12. The van der Waals surface area contributed by atoms with Crippen molar-refractivity contribution in [1.29, 1.82) is 0 Å². The van der Waals surface area contributed by atoms with Crippen molar-refractivity contribution in [1.82, 2.24) is 9.97 Å². The molecule has 0 aliphatic carbocycles. The van der Waals surface area contributed by atoms with E-state index in [1.165, 1.54) is 6.33 Å². The Labute approximate surface area is 90.6 Å². The lowest BCUT2D eigenvalue weighted by atomic mass is 10.2. The number of aromatic nitrogens is 2. The fourth-order valence-electron chi connectivity index (χ4n) is 0.695. The lowest BCUT2D eigenvalue weighted by Crippen LogP contribution is -2.23. The number of hydrogen-bond acceptors (Lipinski definition) is 3. The monoisotopic (exact) mass is 264 g/mol. The molecule has 0 amide bonds. The van der Waals surface area contributed by atoms with E-state index in [1.54, 1.807) is 0 Å². The average molecular weight is 266 g/mol. The van der Waals surface area contributed by atoms with Crippen LogP contribution in [0.5, 0.6) is 5.88 Å². The van der Waals surface area contributed by atoms with E-state index in [9.17, 15) is 0 Å². The molecule has 3 nitrogen and oxygen atoms in total. The molecule has 1 rings (SSSR count). The first kappa shape index (κ1) is 10.7. The van der Waals surface area contributed by atoms with E-state index in [4.69, 9.17) is 16.3 Å². The molecule has 0 aliphatic heterocycles. The van der Waals surface area contributed by atoms with Gasteiger partial charge in [-0.05, 0) is 36.7 Å². The second-order valence-corrected chi connectivity index (χ2v) is 4.65. The molecule has 0 fully saturated rings. The first-order valence-corrected chi connectivity index (χ1v) is 4.92. The van der Waals surface area contributed by atoms with Gasteiger partial charge in [0.05, 0.1) is 0 Å². The van der Waals surface area contributed by atoms with Crippen LogP contribution in [0.15, 0.2) is 10.8 Å². The maximum absolute atomic E-state index is 5.76. The van der Waals surface area contributed by atoms with Gasteiger partial charge in [0.2, 0.25) is 5.88 Å². The van der Waals surface area contributed by atoms with E-state index in [-0.39, 0.29) is 5.60 Å². The third-order valence-electron chi connectivity index (χ3n) is 1.12. The second kappa shape index (κ2) is 3.80. The predicted octanol–water partition coefficient (Wildman–Crippen LogP) is 3.07. The predicted molar refractivity (Wildman–Crippen MR) is 55.1 cm³/mol. The van der Waals surface area contributed by atoms with Crippen molar-refractivity contribution in [2.45, 2.75) is 26.4 Å². The minimum Gasteiger partial charge on any atom is -0.471 e. The third-order valence-corrected chi connectivity index (χ3v) is 2.35. The molecule has 1 aromatic rings. The van der Waals surface area contributed by atoms with E-state index in [0.29, 0.717) is 15.5 Å². The standard InChI is InChI=1S/C8H10BrClN2O/c1-8(2,3)13-7-5(9)6(10)11-4-12-7/h4H,1-3H3. The van der Waals surface area contributed by atoms with E-state index in [1.807, 2.05) is 20.8 Å². The van der Waals surface area contributed by atoms with Crippen LogP contribution in [0.3, 0.4) is 0 Å². The lowest BCUT2D eigenvalue weighted by molar-refractivity contribution is 0.122. The number of nitrogens with zero attached hydrogens (tertiary/aromatic N) is 2. The molecule has 13 heavy (non-hydrogen) atoms. The highest BCUT2D eigenvalue weighted by molar-refractivity contribution is 9.10. The highest BCUT2D eigenvalue weighted by Gasteiger charge is 2.16. The van der Waals surface area contributed by atoms with E-state index in [2.05, 4.69) is 25.9 Å². The highest BCUT2D eigenvalue weighted by Crippen LogP contribution is 2.30. The molecule has 5 heteroatoms. The molecule has 0 saturated heterocycles. The topological polar surface area (TPSA) is 35.0 Å². The summed E-state index contributed by atoms with van der Waals surface area (Å²) in [6, 6.07) is 0. The second-order valence-electron chi connectivity index (χ2n) is 3.50. The van der Waals surface area contributed by atoms with Crippen molar-refractivity contribution in [3.63, 3.8) is 0 Å². The fraction of sp³-hybridized carbons (Fsp3) is 0.500.